The summed E-state index contributed by atoms with van der Waals surface area (Å²) >= 11 is 9.11. The summed E-state index contributed by atoms with van der Waals surface area (Å²) in [6.07, 6.45) is 1.49. The molecule has 0 aromatic heterocycles. The molecule has 0 aliphatic rings. The van der Waals surface area contributed by atoms with E-state index >= 15 is 0 Å². The Morgan fingerprint density at radius 3 is 2.29 bits per heavy atom. The van der Waals surface area contributed by atoms with Crippen LogP contribution in [0.2, 0.25) is 5.02 Å². The first-order chi connectivity index (χ1) is 11.4. The normalized spacial score (nSPS) is 11.7. The van der Waals surface area contributed by atoms with Crippen molar-refractivity contribution in [3.05, 3.63) is 58.0 Å². The monoisotopic (exact) mass is 431 g/mol. The summed E-state index contributed by atoms with van der Waals surface area (Å²) in [5.41, 5.74) is 0. The zero-order chi connectivity index (χ0) is 17.6. The summed E-state index contributed by atoms with van der Waals surface area (Å²) in [4.78, 5) is 0.297. The molecule has 0 atom stereocenters. The predicted octanol–water partition coefficient (Wildman–Crippen LogP) is 4.58. The van der Waals surface area contributed by atoms with E-state index in [0.29, 0.717) is 23.1 Å². The Morgan fingerprint density at radius 2 is 1.67 bits per heavy atom. The van der Waals surface area contributed by atoms with Gasteiger partial charge in [0.25, 0.3) is 0 Å². The van der Waals surface area contributed by atoms with E-state index in [9.17, 15) is 8.42 Å². The number of benzene rings is 2. The molecule has 130 valence electrons. The van der Waals surface area contributed by atoms with Crippen molar-refractivity contribution in [2.24, 2.45) is 0 Å². The Morgan fingerprint density at radius 1 is 1.04 bits per heavy atom. The van der Waals surface area contributed by atoms with Crippen molar-refractivity contribution < 1.29 is 13.2 Å². The molecule has 0 saturated carbocycles. The Bertz CT molecular complexity index is 748. The number of ether oxygens (including phenoxy) is 1. The maximum absolute atomic E-state index is 12.4. The van der Waals surface area contributed by atoms with E-state index in [1.807, 2.05) is 12.1 Å². The standard InChI is InChI=1S/C17H19BrClNO3S/c1-20(24(21,22)17-10-4-14(18)5-11-17)12-2-3-13-23-16-8-6-15(19)7-9-16/h4-11H,2-3,12-13H2,1H3. The third-order valence-corrected chi connectivity index (χ3v) is 6.12. The van der Waals surface area contributed by atoms with Crippen molar-refractivity contribution >= 4 is 37.6 Å². The zero-order valence-corrected chi connectivity index (χ0v) is 16.4. The number of hydrogen-bond donors (Lipinski definition) is 0. The molecule has 0 unspecified atom stereocenters. The van der Waals surface area contributed by atoms with Gasteiger partial charge in [-0.15, -0.1) is 0 Å². The SMILES string of the molecule is CN(CCCCOc1ccc(Cl)cc1)S(=O)(=O)c1ccc(Br)cc1. The molecule has 0 radical (unpaired) electrons. The second kappa shape index (κ2) is 8.85. The zero-order valence-electron chi connectivity index (χ0n) is 13.3. The number of unbranched alkanes of at least 4 members (excludes halogenated alkanes) is 1. The molecule has 7 heteroatoms. The van der Waals surface area contributed by atoms with E-state index in [1.165, 1.54) is 4.31 Å². The van der Waals surface area contributed by atoms with E-state index in [2.05, 4.69) is 15.9 Å². The van der Waals surface area contributed by atoms with Crippen molar-refractivity contribution in [2.45, 2.75) is 17.7 Å². The van der Waals surface area contributed by atoms with Gasteiger partial charge in [0.05, 0.1) is 11.5 Å². The average molecular weight is 433 g/mol. The first-order valence-corrected chi connectivity index (χ1v) is 10.1. The third-order valence-electron chi connectivity index (χ3n) is 3.47. The first-order valence-electron chi connectivity index (χ1n) is 7.50. The molecule has 0 amide bonds. The number of rotatable bonds is 8. The molecule has 24 heavy (non-hydrogen) atoms. The van der Waals surface area contributed by atoms with Gasteiger partial charge in [0.15, 0.2) is 0 Å². The lowest BCUT2D eigenvalue weighted by molar-refractivity contribution is 0.300. The van der Waals surface area contributed by atoms with E-state index in [0.717, 1.165) is 23.1 Å². The minimum Gasteiger partial charge on any atom is -0.494 e. The maximum atomic E-state index is 12.4. The van der Waals surface area contributed by atoms with Crippen molar-refractivity contribution in [1.82, 2.24) is 4.31 Å². The molecule has 0 fully saturated rings. The molecular weight excluding hydrogens is 414 g/mol. The van der Waals surface area contributed by atoms with Crippen LogP contribution in [0.4, 0.5) is 0 Å². The first kappa shape index (κ1) is 19.2. The van der Waals surface area contributed by atoms with Crippen LogP contribution in [0.3, 0.4) is 0 Å². The molecular formula is C17H19BrClNO3S. The summed E-state index contributed by atoms with van der Waals surface area (Å²) in [5, 5.41) is 0.669. The highest BCUT2D eigenvalue weighted by molar-refractivity contribution is 9.10. The predicted molar refractivity (Wildman–Crippen MR) is 100 cm³/mol. The van der Waals surface area contributed by atoms with Crippen LogP contribution in [0.1, 0.15) is 12.8 Å². The van der Waals surface area contributed by atoms with Crippen molar-refractivity contribution in [1.29, 1.82) is 0 Å². The summed E-state index contributed by atoms with van der Waals surface area (Å²) in [6.45, 7) is 0.982. The molecule has 0 saturated heterocycles. The quantitative estimate of drug-likeness (QED) is 0.574. The van der Waals surface area contributed by atoms with Crippen LogP contribution in [0.15, 0.2) is 57.9 Å². The lowest BCUT2D eigenvalue weighted by Gasteiger charge is -2.17. The molecule has 2 rings (SSSR count). The Kier molecular flexibility index (Phi) is 7.10. The van der Waals surface area contributed by atoms with Crippen molar-refractivity contribution in [2.75, 3.05) is 20.2 Å². The van der Waals surface area contributed by atoms with E-state index < -0.39 is 10.0 Å². The Balaban J connectivity index is 1.77. The Hall–Kier alpha value is -1.08. The summed E-state index contributed by atoms with van der Waals surface area (Å²) < 4.78 is 32.7. The fourth-order valence-electron chi connectivity index (χ4n) is 2.06. The van der Waals surface area contributed by atoms with Crippen LogP contribution < -0.4 is 4.74 Å². The van der Waals surface area contributed by atoms with Crippen LogP contribution in [-0.2, 0) is 10.0 Å². The average Bonchev–Trinajstić information content (AvgIpc) is 2.56. The second-order valence-electron chi connectivity index (χ2n) is 5.29. The number of halogens is 2. The van der Waals surface area contributed by atoms with Crippen LogP contribution in [-0.4, -0.2) is 32.9 Å². The van der Waals surface area contributed by atoms with Gasteiger partial charge in [-0.3, -0.25) is 0 Å². The topological polar surface area (TPSA) is 46.6 Å². The molecule has 2 aromatic rings. The fraction of sp³-hybridized carbons (Fsp3) is 0.294. The van der Waals surface area contributed by atoms with Crippen LogP contribution in [0.25, 0.3) is 0 Å². The van der Waals surface area contributed by atoms with Crippen molar-refractivity contribution in [3.8, 4) is 5.75 Å². The van der Waals surface area contributed by atoms with Gasteiger partial charge in [0.2, 0.25) is 10.0 Å². The van der Waals surface area contributed by atoms with Gasteiger partial charge in [-0.05, 0) is 61.4 Å². The van der Waals surface area contributed by atoms with Gasteiger partial charge in [-0.25, -0.2) is 12.7 Å². The number of hydrogen-bond acceptors (Lipinski definition) is 3. The smallest absolute Gasteiger partial charge is 0.242 e. The molecule has 0 aliphatic carbocycles. The molecule has 0 heterocycles. The minimum atomic E-state index is -3.44. The lowest BCUT2D eigenvalue weighted by Crippen LogP contribution is -2.28. The summed E-state index contributed by atoms with van der Waals surface area (Å²) in [7, 11) is -1.85. The highest BCUT2D eigenvalue weighted by atomic mass is 79.9. The summed E-state index contributed by atoms with van der Waals surface area (Å²) in [6, 6.07) is 13.8. The van der Waals surface area contributed by atoms with Gasteiger partial charge in [-0.2, -0.15) is 0 Å². The Labute approximate surface area is 156 Å². The molecule has 0 spiro atoms. The van der Waals surface area contributed by atoms with Gasteiger partial charge >= 0.3 is 0 Å². The highest BCUT2D eigenvalue weighted by Crippen LogP contribution is 2.18. The van der Waals surface area contributed by atoms with Crippen LogP contribution in [0.5, 0.6) is 5.75 Å². The van der Waals surface area contributed by atoms with E-state index in [1.54, 1.807) is 43.4 Å². The molecule has 2 aromatic carbocycles. The van der Waals surface area contributed by atoms with Gasteiger partial charge in [-0.1, -0.05) is 27.5 Å². The van der Waals surface area contributed by atoms with Gasteiger partial charge in [0.1, 0.15) is 5.75 Å². The third kappa shape index (κ3) is 5.48. The largest absolute Gasteiger partial charge is 0.494 e. The lowest BCUT2D eigenvalue weighted by atomic mass is 10.3. The molecule has 0 bridgehead atoms. The number of sulfonamides is 1. The number of nitrogens with zero attached hydrogens (tertiary/aromatic N) is 1. The molecule has 4 nitrogen and oxygen atoms in total. The maximum Gasteiger partial charge on any atom is 0.242 e. The van der Waals surface area contributed by atoms with Crippen LogP contribution >= 0.6 is 27.5 Å². The highest BCUT2D eigenvalue weighted by Gasteiger charge is 2.19. The van der Waals surface area contributed by atoms with Crippen LogP contribution in [0, 0.1) is 0 Å². The minimum absolute atomic E-state index is 0.297. The fourth-order valence-corrected chi connectivity index (χ4v) is 3.66. The van der Waals surface area contributed by atoms with E-state index in [-0.39, 0.29) is 0 Å². The summed E-state index contributed by atoms with van der Waals surface area (Å²) in [5.74, 6) is 0.759. The van der Waals surface area contributed by atoms with E-state index in [4.69, 9.17) is 16.3 Å². The second-order valence-corrected chi connectivity index (χ2v) is 8.69. The van der Waals surface area contributed by atoms with Gasteiger partial charge < -0.3 is 4.74 Å². The van der Waals surface area contributed by atoms with Crippen molar-refractivity contribution in [3.63, 3.8) is 0 Å². The van der Waals surface area contributed by atoms with Gasteiger partial charge in [0, 0.05) is 23.1 Å². The molecule has 0 aliphatic heterocycles. The molecule has 0 N–H and O–H groups in total.